The number of halogens is 1. The molecule has 12 heavy (non-hydrogen) atoms. The first-order valence-corrected chi connectivity index (χ1v) is 5.51. The van der Waals surface area contributed by atoms with Crippen molar-refractivity contribution >= 4 is 22.9 Å². The SMILES string of the molecule is [CH2]CCC(CC)c1ccc(Cl)s1. The molecule has 0 aliphatic carbocycles. The average molecular weight is 202 g/mol. The van der Waals surface area contributed by atoms with Gasteiger partial charge in [0.25, 0.3) is 0 Å². The lowest BCUT2D eigenvalue weighted by Crippen LogP contribution is -1.92. The molecule has 0 aliphatic heterocycles. The second-order valence-corrected chi connectivity index (χ2v) is 4.64. The van der Waals surface area contributed by atoms with Crippen LogP contribution in [0.4, 0.5) is 0 Å². The lowest BCUT2D eigenvalue weighted by molar-refractivity contribution is 0.622. The molecule has 0 N–H and O–H groups in total. The standard InChI is InChI=1S/C10H14ClS/c1-3-5-8(4-2)9-6-7-10(11)12-9/h6-8H,1,3-5H2,2H3. The van der Waals surface area contributed by atoms with Gasteiger partial charge in [-0.2, -0.15) is 0 Å². The molecule has 0 saturated carbocycles. The predicted octanol–water partition coefficient (Wildman–Crippen LogP) is 4.51. The molecule has 0 aromatic carbocycles. The summed E-state index contributed by atoms with van der Waals surface area (Å²) in [6.07, 6.45) is 3.37. The van der Waals surface area contributed by atoms with Crippen molar-refractivity contribution in [2.24, 2.45) is 0 Å². The lowest BCUT2D eigenvalue weighted by atomic mass is 9.99. The van der Waals surface area contributed by atoms with Crippen molar-refractivity contribution in [3.8, 4) is 0 Å². The Morgan fingerprint density at radius 2 is 2.33 bits per heavy atom. The quantitative estimate of drug-likeness (QED) is 0.673. The van der Waals surface area contributed by atoms with Crippen LogP contribution in [0.3, 0.4) is 0 Å². The van der Waals surface area contributed by atoms with E-state index in [9.17, 15) is 0 Å². The maximum absolute atomic E-state index is 5.86. The molecule has 0 nitrogen and oxygen atoms in total. The molecule has 1 radical (unpaired) electrons. The van der Waals surface area contributed by atoms with E-state index in [-0.39, 0.29) is 0 Å². The fraction of sp³-hybridized carbons (Fsp3) is 0.500. The minimum absolute atomic E-state index is 0.667. The molecule has 0 amide bonds. The summed E-state index contributed by atoms with van der Waals surface area (Å²) in [4.78, 5) is 1.41. The van der Waals surface area contributed by atoms with Crippen LogP contribution in [0.2, 0.25) is 4.34 Å². The smallest absolute Gasteiger partial charge is 0.0931 e. The zero-order chi connectivity index (χ0) is 8.97. The van der Waals surface area contributed by atoms with Crippen LogP contribution < -0.4 is 0 Å². The predicted molar refractivity (Wildman–Crippen MR) is 57.0 cm³/mol. The molecule has 1 atom stereocenters. The van der Waals surface area contributed by atoms with E-state index in [4.69, 9.17) is 11.6 Å². The van der Waals surface area contributed by atoms with Gasteiger partial charge >= 0.3 is 0 Å². The van der Waals surface area contributed by atoms with Gasteiger partial charge in [0.1, 0.15) is 0 Å². The Labute approximate surface area is 83.6 Å². The molecule has 1 rings (SSSR count). The van der Waals surface area contributed by atoms with E-state index in [1.807, 2.05) is 6.07 Å². The maximum atomic E-state index is 5.86. The first-order chi connectivity index (χ1) is 5.77. The topological polar surface area (TPSA) is 0 Å². The maximum Gasteiger partial charge on any atom is 0.0931 e. The fourth-order valence-electron chi connectivity index (χ4n) is 1.34. The number of hydrogen-bond acceptors (Lipinski definition) is 1. The van der Waals surface area contributed by atoms with Crippen LogP contribution in [-0.2, 0) is 0 Å². The van der Waals surface area contributed by atoms with Gasteiger partial charge in [-0.1, -0.05) is 31.9 Å². The monoisotopic (exact) mass is 201 g/mol. The van der Waals surface area contributed by atoms with Crippen molar-refractivity contribution in [3.05, 3.63) is 28.3 Å². The van der Waals surface area contributed by atoms with Crippen molar-refractivity contribution in [3.63, 3.8) is 0 Å². The average Bonchev–Trinajstić information content (AvgIpc) is 2.47. The van der Waals surface area contributed by atoms with E-state index in [1.54, 1.807) is 11.3 Å². The van der Waals surface area contributed by atoms with Gasteiger partial charge in [-0.15, -0.1) is 11.3 Å². The highest BCUT2D eigenvalue weighted by Crippen LogP contribution is 2.32. The van der Waals surface area contributed by atoms with Gasteiger partial charge in [-0.3, -0.25) is 0 Å². The van der Waals surface area contributed by atoms with E-state index < -0.39 is 0 Å². The van der Waals surface area contributed by atoms with Gasteiger partial charge < -0.3 is 0 Å². The lowest BCUT2D eigenvalue weighted by Gasteiger charge is -2.10. The van der Waals surface area contributed by atoms with E-state index in [2.05, 4.69) is 19.9 Å². The molecule has 1 aromatic rings. The van der Waals surface area contributed by atoms with Gasteiger partial charge in [0.05, 0.1) is 4.34 Å². The molecule has 0 spiro atoms. The Morgan fingerprint density at radius 3 is 2.75 bits per heavy atom. The molecule has 2 heteroatoms. The molecule has 0 bridgehead atoms. The normalized spacial score (nSPS) is 13.2. The number of rotatable bonds is 4. The van der Waals surface area contributed by atoms with Crippen molar-refractivity contribution in [1.29, 1.82) is 0 Å². The first-order valence-electron chi connectivity index (χ1n) is 4.32. The second kappa shape index (κ2) is 4.88. The summed E-state index contributed by atoms with van der Waals surface area (Å²) in [5.74, 6) is 0.667. The van der Waals surface area contributed by atoms with E-state index in [1.165, 1.54) is 17.7 Å². The summed E-state index contributed by atoms with van der Waals surface area (Å²) in [7, 11) is 0. The van der Waals surface area contributed by atoms with Crippen LogP contribution in [0.15, 0.2) is 12.1 Å². The summed E-state index contributed by atoms with van der Waals surface area (Å²) in [6, 6.07) is 4.12. The largest absolute Gasteiger partial charge is 0.128 e. The van der Waals surface area contributed by atoms with Gasteiger partial charge in [0.2, 0.25) is 0 Å². The highest BCUT2D eigenvalue weighted by Gasteiger charge is 2.09. The number of thiophene rings is 1. The van der Waals surface area contributed by atoms with E-state index >= 15 is 0 Å². The van der Waals surface area contributed by atoms with Gasteiger partial charge in [0, 0.05) is 4.88 Å². The third-order valence-corrected chi connectivity index (χ3v) is 3.44. The summed E-state index contributed by atoms with van der Waals surface area (Å²) in [6.45, 7) is 6.09. The van der Waals surface area contributed by atoms with E-state index in [0.29, 0.717) is 5.92 Å². The van der Waals surface area contributed by atoms with Crippen LogP contribution in [0.1, 0.15) is 37.0 Å². The minimum Gasteiger partial charge on any atom is -0.128 e. The molecule has 67 valence electrons. The molecule has 1 aromatic heterocycles. The molecular weight excluding hydrogens is 188 g/mol. The fourth-order valence-corrected chi connectivity index (χ4v) is 2.62. The summed E-state index contributed by atoms with van der Waals surface area (Å²) in [5, 5.41) is 0. The van der Waals surface area contributed by atoms with Gasteiger partial charge in [-0.05, 0) is 30.9 Å². The molecule has 0 fully saturated rings. The summed E-state index contributed by atoms with van der Waals surface area (Å²) >= 11 is 7.56. The van der Waals surface area contributed by atoms with Crippen molar-refractivity contribution < 1.29 is 0 Å². The Morgan fingerprint density at radius 1 is 1.58 bits per heavy atom. The van der Waals surface area contributed by atoms with Crippen LogP contribution in [0.5, 0.6) is 0 Å². The molecule has 1 heterocycles. The number of hydrogen-bond donors (Lipinski definition) is 0. The summed E-state index contributed by atoms with van der Waals surface area (Å²) < 4.78 is 0.896. The van der Waals surface area contributed by atoms with Gasteiger partial charge in [-0.25, -0.2) is 0 Å². The van der Waals surface area contributed by atoms with Gasteiger partial charge in [0.15, 0.2) is 0 Å². The van der Waals surface area contributed by atoms with Crippen molar-refractivity contribution in [1.82, 2.24) is 0 Å². The Balaban J connectivity index is 2.66. The zero-order valence-electron chi connectivity index (χ0n) is 7.35. The van der Waals surface area contributed by atoms with E-state index in [0.717, 1.165) is 10.8 Å². The first kappa shape index (κ1) is 10.1. The molecular formula is C10H14ClS. The third kappa shape index (κ3) is 2.49. The Hall–Kier alpha value is -0.0100. The second-order valence-electron chi connectivity index (χ2n) is 2.89. The van der Waals surface area contributed by atoms with Crippen molar-refractivity contribution in [2.45, 2.75) is 32.1 Å². The molecule has 1 unspecified atom stereocenters. The van der Waals surface area contributed by atoms with Crippen LogP contribution in [-0.4, -0.2) is 0 Å². The van der Waals surface area contributed by atoms with Crippen LogP contribution in [0, 0.1) is 6.92 Å². The zero-order valence-corrected chi connectivity index (χ0v) is 8.92. The van der Waals surface area contributed by atoms with Crippen molar-refractivity contribution in [2.75, 3.05) is 0 Å². The van der Waals surface area contributed by atoms with Crippen LogP contribution >= 0.6 is 22.9 Å². The third-order valence-electron chi connectivity index (χ3n) is 2.04. The Bertz CT molecular complexity index is 229. The summed E-state index contributed by atoms with van der Waals surface area (Å²) in [5.41, 5.74) is 0. The molecule has 0 saturated heterocycles. The minimum atomic E-state index is 0.667. The highest BCUT2D eigenvalue weighted by atomic mass is 35.5. The molecule has 0 aliphatic rings. The highest BCUT2D eigenvalue weighted by molar-refractivity contribution is 7.16. The van der Waals surface area contributed by atoms with Crippen LogP contribution in [0.25, 0.3) is 0 Å². The Kier molecular flexibility index (Phi) is 4.10.